The first-order valence-electron chi connectivity index (χ1n) is 5.91. The third-order valence-corrected chi connectivity index (χ3v) is 2.93. The molecule has 1 aromatic carbocycles. The fourth-order valence-electron chi connectivity index (χ4n) is 1.65. The minimum absolute atomic E-state index is 0.560. The minimum atomic E-state index is 0.560. The predicted octanol–water partition coefficient (Wildman–Crippen LogP) is 3.08. The normalized spacial score (nSPS) is 10.0. The maximum absolute atomic E-state index is 5.23. The van der Waals surface area contributed by atoms with Crippen LogP contribution in [0.25, 0.3) is 0 Å². The Balaban J connectivity index is 1.91. The second-order valence-corrected chi connectivity index (χ2v) is 4.48. The first-order chi connectivity index (χ1) is 9.19. The van der Waals surface area contributed by atoms with Crippen molar-refractivity contribution in [3.63, 3.8) is 0 Å². The van der Waals surface area contributed by atoms with Crippen molar-refractivity contribution in [2.75, 3.05) is 12.4 Å². The van der Waals surface area contributed by atoms with Gasteiger partial charge in [0, 0.05) is 5.69 Å². The van der Waals surface area contributed by atoms with Gasteiger partial charge in [-0.3, -0.25) is 0 Å². The molecule has 0 unspecified atom stereocenters. The van der Waals surface area contributed by atoms with Gasteiger partial charge in [-0.25, -0.2) is 0 Å². The van der Waals surface area contributed by atoms with Crippen molar-refractivity contribution in [2.45, 2.75) is 13.5 Å². The van der Waals surface area contributed by atoms with Crippen molar-refractivity contribution in [2.24, 2.45) is 0 Å². The van der Waals surface area contributed by atoms with Gasteiger partial charge >= 0.3 is 0 Å². The highest BCUT2D eigenvalue weighted by molar-refractivity contribution is 7.80. The van der Waals surface area contributed by atoms with E-state index in [9.17, 15) is 0 Å². The van der Waals surface area contributed by atoms with E-state index in [0.29, 0.717) is 11.7 Å². The lowest BCUT2D eigenvalue weighted by Gasteiger charge is -2.12. The summed E-state index contributed by atoms with van der Waals surface area (Å²) < 4.78 is 10.4. The Kier molecular flexibility index (Phi) is 4.41. The summed E-state index contributed by atoms with van der Waals surface area (Å²) in [6.07, 6.45) is 1.64. The Labute approximate surface area is 117 Å². The fraction of sp³-hybridized carbons (Fsp3) is 0.214. The average Bonchev–Trinajstić information content (AvgIpc) is 2.92. The SMILES string of the molecule is COc1ccc(NC(=S)NCc2ccco2)c(C)c1. The van der Waals surface area contributed by atoms with E-state index in [0.717, 1.165) is 22.8 Å². The molecule has 2 aromatic rings. The van der Waals surface area contributed by atoms with E-state index in [1.165, 1.54) is 0 Å². The molecule has 0 fully saturated rings. The summed E-state index contributed by atoms with van der Waals surface area (Å²) in [7, 11) is 1.65. The number of furan rings is 1. The zero-order valence-electron chi connectivity index (χ0n) is 10.9. The molecule has 0 saturated carbocycles. The number of aryl methyl sites for hydroxylation is 1. The summed E-state index contributed by atoms with van der Waals surface area (Å²) in [5, 5.41) is 6.79. The molecule has 19 heavy (non-hydrogen) atoms. The molecular formula is C14H16N2O2S. The number of methoxy groups -OCH3 is 1. The molecule has 0 aliphatic rings. The summed E-state index contributed by atoms with van der Waals surface area (Å²) in [5.41, 5.74) is 2.03. The highest BCUT2D eigenvalue weighted by Gasteiger charge is 2.03. The summed E-state index contributed by atoms with van der Waals surface area (Å²) in [4.78, 5) is 0. The van der Waals surface area contributed by atoms with Crippen molar-refractivity contribution in [3.8, 4) is 5.75 Å². The zero-order valence-corrected chi connectivity index (χ0v) is 11.7. The van der Waals surface area contributed by atoms with E-state index >= 15 is 0 Å². The number of hydrogen-bond acceptors (Lipinski definition) is 3. The second-order valence-electron chi connectivity index (χ2n) is 4.07. The molecule has 1 aromatic heterocycles. The van der Waals surface area contributed by atoms with Crippen LogP contribution >= 0.6 is 12.2 Å². The van der Waals surface area contributed by atoms with Gasteiger partial charge in [0.2, 0.25) is 0 Å². The lowest BCUT2D eigenvalue weighted by atomic mass is 10.2. The van der Waals surface area contributed by atoms with Gasteiger partial charge < -0.3 is 19.8 Å². The molecule has 2 N–H and O–H groups in total. The molecule has 100 valence electrons. The number of benzene rings is 1. The van der Waals surface area contributed by atoms with E-state index < -0.39 is 0 Å². The highest BCUT2D eigenvalue weighted by Crippen LogP contribution is 2.20. The minimum Gasteiger partial charge on any atom is -0.497 e. The molecule has 0 spiro atoms. The van der Waals surface area contributed by atoms with Gasteiger partial charge in [0.05, 0.1) is 19.9 Å². The summed E-state index contributed by atoms with van der Waals surface area (Å²) in [6.45, 7) is 2.56. The molecule has 2 rings (SSSR count). The van der Waals surface area contributed by atoms with Crippen LogP contribution in [0.3, 0.4) is 0 Å². The monoisotopic (exact) mass is 276 g/mol. The molecule has 0 bridgehead atoms. The van der Waals surface area contributed by atoms with Gasteiger partial charge in [0.1, 0.15) is 11.5 Å². The van der Waals surface area contributed by atoms with Crippen LogP contribution in [0.1, 0.15) is 11.3 Å². The Bertz CT molecular complexity index is 553. The Morgan fingerprint density at radius 3 is 2.84 bits per heavy atom. The molecular weight excluding hydrogens is 260 g/mol. The van der Waals surface area contributed by atoms with Gasteiger partial charge in [-0.2, -0.15) is 0 Å². The van der Waals surface area contributed by atoms with Crippen LogP contribution in [-0.2, 0) is 6.54 Å². The van der Waals surface area contributed by atoms with Crippen LogP contribution in [0.4, 0.5) is 5.69 Å². The summed E-state index contributed by atoms with van der Waals surface area (Å²) >= 11 is 5.23. The number of anilines is 1. The molecule has 0 radical (unpaired) electrons. The van der Waals surface area contributed by atoms with Crippen molar-refractivity contribution in [3.05, 3.63) is 47.9 Å². The maximum atomic E-state index is 5.23. The van der Waals surface area contributed by atoms with E-state index in [1.807, 2.05) is 37.3 Å². The van der Waals surface area contributed by atoms with Crippen molar-refractivity contribution >= 4 is 23.0 Å². The topological polar surface area (TPSA) is 46.4 Å². The van der Waals surface area contributed by atoms with Gasteiger partial charge in [-0.1, -0.05) is 0 Å². The van der Waals surface area contributed by atoms with Gasteiger partial charge in [0.15, 0.2) is 5.11 Å². The quantitative estimate of drug-likeness (QED) is 0.840. The van der Waals surface area contributed by atoms with Crippen LogP contribution in [0.15, 0.2) is 41.0 Å². The molecule has 0 aliphatic heterocycles. The Hall–Kier alpha value is -2.01. The van der Waals surface area contributed by atoms with E-state index in [4.69, 9.17) is 21.4 Å². The van der Waals surface area contributed by atoms with E-state index in [-0.39, 0.29) is 0 Å². The third kappa shape index (κ3) is 3.72. The maximum Gasteiger partial charge on any atom is 0.171 e. The Morgan fingerprint density at radius 2 is 2.21 bits per heavy atom. The number of rotatable bonds is 4. The average molecular weight is 276 g/mol. The van der Waals surface area contributed by atoms with Gasteiger partial charge in [-0.05, 0) is 55.0 Å². The molecule has 0 atom stereocenters. The third-order valence-electron chi connectivity index (χ3n) is 2.69. The standard InChI is InChI=1S/C14H16N2O2S/c1-10-8-11(17-2)5-6-13(10)16-14(19)15-9-12-4-3-7-18-12/h3-8H,9H2,1-2H3,(H2,15,16,19). The molecule has 0 amide bonds. The van der Waals surface area contributed by atoms with Crippen LogP contribution in [0, 0.1) is 6.92 Å². The first-order valence-corrected chi connectivity index (χ1v) is 6.32. The molecule has 0 aliphatic carbocycles. The van der Waals surface area contributed by atoms with Crippen LogP contribution in [0.2, 0.25) is 0 Å². The van der Waals surface area contributed by atoms with Gasteiger partial charge in [0.25, 0.3) is 0 Å². The van der Waals surface area contributed by atoms with Crippen molar-refractivity contribution < 1.29 is 9.15 Å². The van der Waals surface area contributed by atoms with Gasteiger partial charge in [-0.15, -0.1) is 0 Å². The summed E-state index contributed by atoms with van der Waals surface area (Å²) in [6, 6.07) is 9.53. The zero-order chi connectivity index (χ0) is 13.7. The van der Waals surface area contributed by atoms with Crippen LogP contribution < -0.4 is 15.4 Å². The van der Waals surface area contributed by atoms with E-state index in [1.54, 1.807) is 13.4 Å². The second kappa shape index (κ2) is 6.24. The predicted molar refractivity (Wildman–Crippen MR) is 79.5 cm³/mol. The highest BCUT2D eigenvalue weighted by atomic mass is 32.1. The Morgan fingerprint density at radius 1 is 1.37 bits per heavy atom. The largest absolute Gasteiger partial charge is 0.497 e. The number of ether oxygens (including phenoxy) is 1. The van der Waals surface area contributed by atoms with Crippen LogP contribution in [-0.4, -0.2) is 12.2 Å². The molecule has 0 saturated heterocycles. The smallest absolute Gasteiger partial charge is 0.171 e. The fourth-order valence-corrected chi connectivity index (χ4v) is 1.83. The lowest BCUT2D eigenvalue weighted by molar-refractivity contribution is 0.414. The van der Waals surface area contributed by atoms with Crippen molar-refractivity contribution in [1.29, 1.82) is 0 Å². The van der Waals surface area contributed by atoms with Crippen molar-refractivity contribution in [1.82, 2.24) is 5.32 Å². The van der Waals surface area contributed by atoms with E-state index in [2.05, 4.69) is 10.6 Å². The molecule has 4 nitrogen and oxygen atoms in total. The lowest BCUT2D eigenvalue weighted by Crippen LogP contribution is -2.28. The van der Waals surface area contributed by atoms with Crippen LogP contribution in [0.5, 0.6) is 5.75 Å². The number of nitrogens with one attached hydrogen (secondary N) is 2. The molecule has 1 heterocycles. The summed E-state index contributed by atoms with van der Waals surface area (Å²) in [5.74, 6) is 1.67. The molecule has 5 heteroatoms. The number of thiocarbonyl (C=S) groups is 1. The first kappa shape index (κ1) is 13.4. The number of hydrogen-bond donors (Lipinski definition) is 2.